The number of rotatable bonds is 7. The van der Waals surface area contributed by atoms with E-state index in [1.807, 2.05) is 0 Å². The molecular weight excluding hydrogens is 210 g/mol. The van der Waals surface area contributed by atoms with Crippen LogP contribution in [0.3, 0.4) is 0 Å². The summed E-state index contributed by atoms with van der Waals surface area (Å²) in [5, 5.41) is 11.7. The molecule has 0 aliphatic rings. The first kappa shape index (κ1) is 14.9. The van der Waals surface area contributed by atoms with Crippen molar-refractivity contribution in [2.24, 2.45) is 11.3 Å². The Hall–Kier alpha value is -1.10. The fourth-order valence-corrected chi connectivity index (χ4v) is 1.22. The van der Waals surface area contributed by atoms with Crippen LogP contribution in [0.5, 0.6) is 0 Å². The monoisotopic (exact) mass is 231 g/mol. The molecule has 0 aliphatic heterocycles. The molecule has 0 saturated heterocycles. The van der Waals surface area contributed by atoms with Gasteiger partial charge in [-0.3, -0.25) is 9.59 Å². The molecule has 2 N–H and O–H groups in total. The molecule has 0 heterocycles. The molecule has 0 aromatic rings. The Morgan fingerprint density at radius 3 is 2.38 bits per heavy atom. The fraction of sp³-hybridized carbons (Fsp3) is 0.818. The number of hydrogen-bond acceptors (Lipinski definition) is 3. The number of carboxylic acids is 1. The molecule has 16 heavy (non-hydrogen) atoms. The summed E-state index contributed by atoms with van der Waals surface area (Å²) in [6, 6.07) is 0. The van der Waals surface area contributed by atoms with E-state index in [1.165, 1.54) is 0 Å². The molecular formula is C11H21NO4. The smallest absolute Gasteiger partial charge is 0.310 e. The zero-order valence-electron chi connectivity index (χ0n) is 10.4. The first-order chi connectivity index (χ1) is 7.34. The molecule has 5 nitrogen and oxygen atoms in total. The van der Waals surface area contributed by atoms with Crippen LogP contribution in [0.1, 0.15) is 27.2 Å². The largest absolute Gasteiger partial charge is 0.481 e. The summed E-state index contributed by atoms with van der Waals surface area (Å²) in [5.74, 6) is -1.29. The van der Waals surface area contributed by atoms with E-state index >= 15 is 0 Å². The second kappa shape index (κ2) is 6.48. The highest BCUT2D eigenvalue weighted by atomic mass is 16.5. The minimum Gasteiger partial charge on any atom is -0.481 e. The molecule has 0 saturated carbocycles. The first-order valence-electron chi connectivity index (χ1n) is 5.33. The molecule has 0 spiro atoms. The van der Waals surface area contributed by atoms with Gasteiger partial charge in [0.05, 0.1) is 12.0 Å². The predicted octanol–water partition coefficient (Wildman–Crippen LogP) is 0.886. The molecule has 0 aromatic heterocycles. The zero-order valence-corrected chi connectivity index (χ0v) is 10.4. The maximum atomic E-state index is 11.5. The summed E-state index contributed by atoms with van der Waals surface area (Å²) in [5.41, 5.74) is -1.02. The van der Waals surface area contributed by atoms with E-state index in [4.69, 9.17) is 9.84 Å². The Morgan fingerprint density at radius 2 is 2.00 bits per heavy atom. The van der Waals surface area contributed by atoms with Crippen molar-refractivity contribution in [3.05, 3.63) is 0 Å². The van der Waals surface area contributed by atoms with Gasteiger partial charge in [0, 0.05) is 20.1 Å². The van der Waals surface area contributed by atoms with Crippen molar-refractivity contribution in [2.45, 2.75) is 27.2 Å². The van der Waals surface area contributed by atoms with Crippen molar-refractivity contribution >= 4 is 11.9 Å². The molecule has 0 rings (SSSR count). The number of carbonyl (C=O) groups excluding carboxylic acids is 1. The van der Waals surface area contributed by atoms with Crippen molar-refractivity contribution < 1.29 is 19.4 Å². The van der Waals surface area contributed by atoms with Crippen LogP contribution >= 0.6 is 0 Å². The topological polar surface area (TPSA) is 75.6 Å². The lowest BCUT2D eigenvalue weighted by Crippen LogP contribution is -2.39. The molecule has 0 aromatic carbocycles. The van der Waals surface area contributed by atoms with E-state index in [-0.39, 0.29) is 18.2 Å². The van der Waals surface area contributed by atoms with Gasteiger partial charge in [-0.15, -0.1) is 0 Å². The van der Waals surface area contributed by atoms with Gasteiger partial charge in [0.25, 0.3) is 0 Å². The molecule has 1 unspecified atom stereocenters. The van der Waals surface area contributed by atoms with Gasteiger partial charge in [-0.25, -0.2) is 0 Å². The van der Waals surface area contributed by atoms with E-state index < -0.39 is 11.4 Å². The lowest BCUT2D eigenvalue weighted by molar-refractivity contribution is -0.153. The summed E-state index contributed by atoms with van der Waals surface area (Å²) >= 11 is 0. The van der Waals surface area contributed by atoms with Gasteiger partial charge in [-0.1, -0.05) is 13.8 Å². The minimum atomic E-state index is -1.02. The normalized spacial score (nSPS) is 14.6. The van der Waals surface area contributed by atoms with E-state index in [9.17, 15) is 9.59 Å². The molecule has 5 heteroatoms. The van der Waals surface area contributed by atoms with Gasteiger partial charge in [-0.05, 0) is 12.8 Å². The number of hydrogen-bond donors (Lipinski definition) is 2. The maximum absolute atomic E-state index is 11.5. The van der Waals surface area contributed by atoms with Gasteiger partial charge in [0.2, 0.25) is 5.91 Å². The summed E-state index contributed by atoms with van der Waals surface area (Å²) in [6.45, 7) is 6.03. The predicted molar refractivity (Wildman–Crippen MR) is 60.1 cm³/mol. The number of carbonyl (C=O) groups is 2. The van der Waals surface area contributed by atoms with Gasteiger partial charge in [-0.2, -0.15) is 0 Å². The Kier molecular flexibility index (Phi) is 6.03. The van der Waals surface area contributed by atoms with Crippen molar-refractivity contribution in [3.63, 3.8) is 0 Å². The second-order valence-corrected chi connectivity index (χ2v) is 4.40. The number of carboxylic acid groups (broad SMARTS) is 1. The molecule has 0 radical (unpaired) electrons. The van der Waals surface area contributed by atoms with Crippen LogP contribution in [0.25, 0.3) is 0 Å². The highest BCUT2D eigenvalue weighted by Gasteiger charge is 2.38. The second-order valence-electron chi connectivity index (χ2n) is 4.40. The van der Waals surface area contributed by atoms with Crippen LogP contribution in [0.2, 0.25) is 0 Å². The number of ether oxygens (including phenoxy) is 1. The van der Waals surface area contributed by atoms with Gasteiger partial charge in [0.1, 0.15) is 0 Å². The van der Waals surface area contributed by atoms with Gasteiger partial charge in [0.15, 0.2) is 0 Å². The van der Waals surface area contributed by atoms with Crippen LogP contribution in [0.4, 0.5) is 0 Å². The summed E-state index contributed by atoms with van der Waals surface area (Å²) in [4.78, 5) is 22.6. The molecule has 94 valence electrons. The fourth-order valence-electron chi connectivity index (χ4n) is 1.22. The van der Waals surface area contributed by atoms with Crippen LogP contribution < -0.4 is 5.32 Å². The average Bonchev–Trinajstić information content (AvgIpc) is 2.17. The van der Waals surface area contributed by atoms with Crippen LogP contribution in [0, 0.1) is 11.3 Å². The van der Waals surface area contributed by atoms with Crippen LogP contribution in [0.15, 0.2) is 0 Å². The van der Waals surface area contributed by atoms with Crippen molar-refractivity contribution in [3.8, 4) is 0 Å². The Bertz CT molecular complexity index is 252. The highest BCUT2D eigenvalue weighted by Crippen LogP contribution is 2.31. The van der Waals surface area contributed by atoms with E-state index in [0.29, 0.717) is 13.2 Å². The standard InChI is InChI=1S/C11H21NO4/c1-8(2)11(3,10(14)15)7-9(13)12-5-6-16-4/h8H,5-7H2,1-4H3,(H,12,13)(H,14,15). The maximum Gasteiger partial charge on any atom is 0.310 e. The quantitative estimate of drug-likeness (QED) is 0.638. The Morgan fingerprint density at radius 1 is 1.44 bits per heavy atom. The first-order valence-corrected chi connectivity index (χ1v) is 5.33. The number of aliphatic carboxylic acids is 1. The SMILES string of the molecule is COCCNC(=O)CC(C)(C(=O)O)C(C)C. The molecule has 0 bridgehead atoms. The Labute approximate surface area is 96.2 Å². The van der Waals surface area contributed by atoms with E-state index in [0.717, 1.165) is 0 Å². The summed E-state index contributed by atoms with van der Waals surface area (Å²) in [7, 11) is 1.54. The van der Waals surface area contributed by atoms with Crippen LogP contribution in [-0.4, -0.2) is 37.2 Å². The summed E-state index contributed by atoms with van der Waals surface area (Å²) in [6.07, 6.45) is -0.0102. The summed E-state index contributed by atoms with van der Waals surface area (Å²) < 4.78 is 4.79. The molecule has 0 fully saturated rings. The number of nitrogens with one attached hydrogen (secondary N) is 1. The third-order valence-corrected chi connectivity index (χ3v) is 2.92. The Balaban J connectivity index is 4.31. The molecule has 1 amide bonds. The van der Waals surface area contributed by atoms with Gasteiger partial charge >= 0.3 is 5.97 Å². The van der Waals surface area contributed by atoms with Crippen molar-refractivity contribution in [1.82, 2.24) is 5.32 Å². The third kappa shape index (κ3) is 4.18. The molecule has 1 atom stereocenters. The van der Waals surface area contributed by atoms with E-state index in [2.05, 4.69) is 5.32 Å². The number of amides is 1. The average molecular weight is 231 g/mol. The van der Waals surface area contributed by atoms with Crippen molar-refractivity contribution in [1.29, 1.82) is 0 Å². The lowest BCUT2D eigenvalue weighted by atomic mass is 9.76. The van der Waals surface area contributed by atoms with Gasteiger partial charge < -0.3 is 15.2 Å². The molecule has 0 aliphatic carbocycles. The van der Waals surface area contributed by atoms with Crippen LogP contribution in [-0.2, 0) is 14.3 Å². The highest BCUT2D eigenvalue weighted by molar-refractivity contribution is 5.84. The third-order valence-electron chi connectivity index (χ3n) is 2.92. The van der Waals surface area contributed by atoms with E-state index in [1.54, 1.807) is 27.9 Å². The zero-order chi connectivity index (χ0) is 12.8. The minimum absolute atomic E-state index is 0.0102. The lowest BCUT2D eigenvalue weighted by Gasteiger charge is -2.28. The van der Waals surface area contributed by atoms with Crippen molar-refractivity contribution in [2.75, 3.05) is 20.3 Å². The number of methoxy groups -OCH3 is 1.